The Kier molecular flexibility index (Phi) is 4.97. The van der Waals surface area contributed by atoms with Gasteiger partial charge in [-0.2, -0.15) is 0 Å². The molecule has 0 radical (unpaired) electrons. The van der Waals surface area contributed by atoms with E-state index in [-0.39, 0.29) is 5.92 Å². The molecule has 0 heterocycles. The summed E-state index contributed by atoms with van der Waals surface area (Å²) < 4.78 is 0. The molecule has 0 bridgehead atoms. The fourth-order valence-electron chi connectivity index (χ4n) is 1.38. The third kappa shape index (κ3) is 3.92. The van der Waals surface area contributed by atoms with Crippen LogP contribution in [0.5, 0.6) is 0 Å². The molecule has 0 spiro atoms. The van der Waals surface area contributed by atoms with Crippen LogP contribution in [0.15, 0.2) is 24.3 Å². The van der Waals surface area contributed by atoms with Crippen molar-refractivity contribution in [1.82, 2.24) is 5.32 Å². The van der Waals surface area contributed by atoms with Crippen LogP contribution in [0.1, 0.15) is 13.8 Å². The maximum atomic E-state index is 11.6. The molecule has 5 nitrogen and oxygen atoms in total. The molecule has 2 amide bonds. The first-order valence-corrected chi connectivity index (χ1v) is 5.84. The summed E-state index contributed by atoms with van der Waals surface area (Å²) >= 11 is 5.87. The highest BCUT2D eigenvalue weighted by Gasteiger charge is 2.23. The van der Waals surface area contributed by atoms with E-state index < -0.39 is 18.0 Å². The van der Waals surface area contributed by atoms with E-state index in [4.69, 9.17) is 16.7 Å². The Morgan fingerprint density at radius 2 is 1.89 bits per heavy atom. The minimum absolute atomic E-state index is 0.209. The van der Waals surface area contributed by atoms with Gasteiger partial charge in [0, 0.05) is 0 Å². The number of hydrogen-bond acceptors (Lipinski definition) is 2. The summed E-state index contributed by atoms with van der Waals surface area (Å²) in [6, 6.07) is 5.19. The molecule has 6 heteroatoms. The summed E-state index contributed by atoms with van der Waals surface area (Å²) in [5, 5.41) is 14.2. The first-order valence-electron chi connectivity index (χ1n) is 5.46. The topological polar surface area (TPSA) is 78.4 Å². The van der Waals surface area contributed by atoms with Crippen LogP contribution >= 0.6 is 11.6 Å². The zero-order valence-electron chi connectivity index (χ0n) is 10.1. The second kappa shape index (κ2) is 6.26. The number of benzene rings is 1. The van der Waals surface area contributed by atoms with E-state index in [1.807, 2.05) is 0 Å². The second-order valence-corrected chi connectivity index (χ2v) is 4.55. The van der Waals surface area contributed by atoms with Crippen LogP contribution in [0.2, 0.25) is 5.02 Å². The number of carboxylic acid groups (broad SMARTS) is 1. The van der Waals surface area contributed by atoms with Crippen LogP contribution in [0.3, 0.4) is 0 Å². The minimum Gasteiger partial charge on any atom is -0.480 e. The van der Waals surface area contributed by atoms with Crippen molar-refractivity contribution >= 4 is 29.3 Å². The van der Waals surface area contributed by atoms with Gasteiger partial charge in [0.05, 0.1) is 10.7 Å². The summed E-state index contributed by atoms with van der Waals surface area (Å²) in [4.78, 5) is 22.6. The van der Waals surface area contributed by atoms with Gasteiger partial charge in [-0.05, 0) is 18.1 Å². The fourth-order valence-corrected chi connectivity index (χ4v) is 1.56. The SMILES string of the molecule is CC(C)[C@@H](NC(=O)Nc1ccccc1Cl)C(=O)O. The molecule has 1 rings (SSSR count). The molecule has 0 aromatic heterocycles. The third-order valence-corrected chi connectivity index (χ3v) is 2.67. The number of carbonyl (C=O) groups is 2. The molecule has 0 aliphatic heterocycles. The summed E-state index contributed by atoms with van der Waals surface area (Å²) in [5.41, 5.74) is 0.435. The van der Waals surface area contributed by atoms with Crippen LogP contribution in [0.4, 0.5) is 10.5 Å². The Bertz CT molecular complexity index is 449. The number of urea groups is 1. The molecule has 0 unspecified atom stereocenters. The van der Waals surface area contributed by atoms with Gasteiger partial charge in [0.15, 0.2) is 0 Å². The summed E-state index contributed by atoms with van der Waals surface area (Å²) in [7, 11) is 0. The van der Waals surface area contributed by atoms with Crippen LogP contribution in [-0.4, -0.2) is 23.1 Å². The number of aliphatic carboxylic acids is 1. The van der Waals surface area contributed by atoms with Crippen molar-refractivity contribution in [3.05, 3.63) is 29.3 Å². The molecule has 0 fully saturated rings. The molecule has 0 aliphatic carbocycles. The van der Waals surface area contributed by atoms with Gasteiger partial charge in [0.2, 0.25) is 0 Å². The van der Waals surface area contributed by atoms with Crippen LogP contribution in [0.25, 0.3) is 0 Å². The third-order valence-electron chi connectivity index (χ3n) is 2.34. The standard InChI is InChI=1S/C12H15ClN2O3/c1-7(2)10(11(16)17)15-12(18)14-9-6-4-3-5-8(9)13/h3-7,10H,1-2H3,(H,16,17)(H2,14,15,18)/t10-/m1/s1. The Hall–Kier alpha value is -1.75. The normalized spacial score (nSPS) is 12.0. The second-order valence-electron chi connectivity index (χ2n) is 4.14. The molecule has 18 heavy (non-hydrogen) atoms. The molecule has 0 saturated heterocycles. The van der Waals surface area contributed by atoms with Crippen LogP contribution in [0, 0.1) is 5.92 Å². The van der Waals surface area contributed by atoms with E-state index >= 15 is 0 Å². The number of halogens is 1. The lowest BCUT2D eigenvalue weighted by Crippen LogP contribution is -2.46. The zero-order valence-corrected chi connectivity index (χ0v) is 10.9. The molecule has 0 aliphatic rings. The highest BCUT2D eigenvalue weighted by atomic mass is 35.5. The predicted molar refractivity (Wildman–Crippen MR) is 69.9 cm³/mol. The maximum Gasteiger partial charge on any atom is 0.326 e. The molecule has 1 aromatic rings. The van der Waals surface area contributed by atoms with E-state index in [1.165, 1.54) is 0 Å². The Morgan fingerprint density at radius 1 is 1.28 bits per heavy atom. The van der Waals surface area contributed by atoms with Gasteiger partial charge in [0.1, 0.15) is 6.04 Å². The molecule has 1 atom stereocenters. The van der Waals surface area contributed by atoms with Crippen molar-refractivity contribution in [1.29, 1.82) is 0 Å². The van der Waals surface area contributed by atoms with Crippen molar-refractivity contribution in [2.75, 3.05) is 5.32 Å². The van der Waals surface area contributed by atoms with Gasteiger partial charge in [-0.1, -0.05) is 37.6 Å². The highest BCUT2D eigenvalue weighted by Crippen LogP contribution is 2.20. The van der Waals surface area contributed by atoms with E-state index in [1.54, 1.807) is 38.1 Å². The van der Waals surface area contributed by atoms with Gasteiger partial charge in [-0.15, -0.1) is 0 Å². The maximum absolute atomic E-state index is 11.6. The monoisotopic (exact) mass is 270 g/mol. The van der Waals surface area contributed by atoms with Crippen LogP contribution in [-0.2, 0) is 4.79 Å². The average molecular weight is 271 g/mol. The number of carboxylic acids is 1. The Morgan fingerprint density at radius 3 is 2.39 bits per heavy atom. The number of nitrogens with one attached hydrogen (secondary N) is 2. The Labute approximate surface area is 110 Å². The van der Waals surface area contributed by atoms with E-state index in [2.05, 4.69) is 10.6 Å². The number of hydrogen-bond donors (Lipinski definition) is 3. The highest BCUT2D eigenvalue weighted by molar-refractivity contribution is 6.33. The van der Waals surface area contributed by atoms with Crippen molar-refractivity contribution < 1.29 is 14.7 Å². The molecular weight excluding hydrogens is 256 g/mol. The number of rotatable bonds is 4. The average Bonchev–Trinajstić information content (AvgIpc) is 2.28. The molecule has 3 N–H and O–H groups in total. The predicted octanol–water partition coefficient (Wildman–Crippen LogP) is 2.57. The fraction of sp³-hybridized carbons (Fsp3) is 0.333. The number of carbonyl (C=O) groups excluding carboxylic acids is 1. The summed E-state index contributed by atoms with van der Waals surface area (Å²) in [5.74, 6) is -1.28. The van der Waals surface area contributed by atoms with E-state index in [0.717, 1.165) is 0 Å². The van der Waals surface area contributed by atoms with Crippen molar-refractivity contribution in [2.24, 2.45) is 5.92 Å². The van der Waals surface area contributed by atoms with Crippen molar-refractivity contribution in [2.45, 2.75) is 19.9 Å². The summed E-state index contributed by atoms with van der Waals surface area (Å²) in [6.07, 6.45) is 0. The van der Waals surface area contributed by atoms with Crippen molar-refractivity contribution in [3.8, 4) is 0 Å². The molecule has 98 valence electrons. The molecular formula is C12H15ClN2O3. The van der Waals surface area contributed by atoms with E-state index in [9.17, 15) is 9.59 Å². The van der Waals surface area contributed by atoms with Crippen LogP contribution < -0.4 is 10.6 Å². The molecule has 1 aromatic carbocycles. The zero-order chi connectivity index (χ0) is 13.7. The smallest absolute Gasteiger partial charge is 0.326 e. The quantitative estimate of drug-likeness (QED) is 0.787. The van der Waals surface area contributed by atoms with Gasteiger partial charge in [-0.25, -0.2) is 9.59 Å². The van der Waals surface area contributed by atoms with Gasteiger partial charge >= 0.3 is 12.0 Å². The largest absolute Gasteiger partial charge is 0.480 e. The van der Waals surface area contributed by atoms with E-state index in [0.29, 0.717) is 10.7 Å². The first kappa shape index (κ1) is 14.3. The number of anilines is 1. The van der Waals surface area contributed by atoms with Crippen molar-refractivity contribution in [3.63, 3.8) is 0 Å². The van der Waals surface area contributed by atoms with Gasteiger partial charge in [-0.3, -0.25) is 0 Å². The van der Waals surface area contributed by atoms with Gasteiger partial charge < -0.3 is 15.7 Å². The number of amides is 2. The minimum atomic E-state index is -1.07. The lowest BCUT2D eigenvalue weighted by Gasteiger charge is -2.18. The van der Waals surface area contributed by atoms with Gasteiger partial charge in [0.25, 0.3) is 0 Å². The number of para-hydroxylation sites is 1. The lowest BCUT2D eigenvalue weighted by atomic mass is 10.1. The summed E-state index contributed by atoms with van der Waals surface area (Å²) in [6.45, 7) is 3.43. The molecule has 0 saturated carbocycles. The Balaban J connectivity index is 2.67. The first-order chi connectivity index (χ1) is 8.41. The lowest BCUT2D eigenvalue weighted by molar-refractivity contribution is -0.140.